The highest BCUT2D eigenvalue weighted by atomic mass is 16.3. The highest BCUT2D eigenvalue weighted by Crippen LogP contribution is 2.21. The van der Waals surface area contributed by atoms with E-state index in [1.54, 1.807) is 0 Å². The predicted molar refractivity (Wildman–Crippen MR) is 79.4 cm³/mol. The van der Waals surface area contributed by atoms with Gasteiger partial charge in [0.15, 0.2) is 0 Å². The lowest BCUT2D eigenvalue weighted by molar-refractivity contribution is 0.122. The smallest absolute Gasteiger partial charge is 0.0917 e. The van der Waals surface area contributed by atoms with Gasteiger partial charge in [-0.15, -0.1) is 0 Å². The van der Waals surface area contributed by atoms with Gasteiger partial charge in [0.2, 0.25) is 0 Å². The van der Waals surface area contributed by atoms with E-state index in [0.29, 0.717) is 6.04 Å². The van der Waals surface area contributed by atoms with Gasteiger partial charge in [0.25, 0.3) is 0 Å². The zero-order chi connectivity index (χ0) is 14.0. The molecule has 106 valence electrons. The van der Waals surface area contributed by atoms with Gasteiger partial charge in [-0.05, 0) is 57.6 Å². The Morgan fingerprint density at radius 2 is 2.05 bits per heavy atom. The van der Waals surface area contributed by atoms with E-state index >= 15 is 0 Å². The number of nitrogens with zero attached hydrogens (tertiary/aromatic N) is 2. The maximum absolute atomic E-state index is 10.4. The van der Waals surface area contributed by atoms with Crippen molar-refractivity contribution in [1.82, 2.24) is 9.80 Å². The van der Waals surface area contributed by atoms with Crippen LogP contribution in [0.15, 0.2) is 18.2 Å². The summed E-state index contributed by atoms with van der Waals surface area (Å²) in [6.07, 6.45) is 0.826. The number of likely N-dealkylation sites (N-methyl/N-ethyl adjacent to an activating group) is 1. The van der Waals surface area contributed by atoms with Crippen LogP contribution in [0.25, 0.3) is 0 Å². The van der Waals surface area contributed by atoms with Gasteiger partial charge in [-0.2, -0.15) is 0 Å². The van der Waals surface area contributed by atoms with Gasteiger partial charge in [0.05, 0.1) is 6.10 Å². The number of likely N-dealkylation sites (tertiary alicyclic amines) is 1. The summed E-state index contributed by atoms with van der Waals surface area (Å²) in [4.78, 5) is 4.65. The third kappa shape index (κ3) is 3.56. The van der Waals surface area contributed by atoms with Crippen LogP contribution < -0.4 is 0 Å². The van der Waals surface area contributed by atoms with Crippen LogP contribution in [0.2, 0.25) is 0 Å². The van der Waals surface area contributed by atoms with Crippen LogP contribution in [0.1, 0.15) is 29.2 Å². The third-order valence-corrected chi connectivity index (χ3v) is 4.32. The second kappa shape index (κ2) is 6.04. The molecule has 1 aliphatic heterocycles. The maximum atomic E-state index is 10.4. The van der Waals surface area contributed by atoms with Gasteiger partial charge in [-0.25, -0.2) is 0 Å². The number of hydrogen-bond acceptors (Lipinski definition) is 3. The molecule has 1 aliphatic rings. The largest absolute Gasteiger partial charge is 0.387 e. The molecule has 0 aromatic heterocycles. The molecule has 19 heavy (non-hydrogen) atoms. The first kappa shape index (κ1) is 14.5. The van der Waals surface area contributed by atoms with Crippen molar-refractivity contribution in [2.45, 2.75) is 32.4 Å². The van der Waals surface area contributed by atoms with E-state index in [9.17, 15) is 5.11 Å². The van der Waals surface area contributed by atoms with Gasteiger partial charge in [-0.1, -0.05) is 18.2 Å². The molecular formula is C16H26N2O. The van der Waals surface area contributed by atoms with Crippen molar-refractivity contribution in [3.8, 4) is 0 Å². The Labute approximate surface area is 116 Å². The molecule has 3 nitrogen and oxygen atoms in total. The van der Waals surface area contributed by atoms with E-state index in [-0.39, 0.29) is 6.10 Å². The average Bonchev–Trinajstić information content (AvgIpc) is 2.81. The van der Waals surface area contributed by atoms with Crippen LogP contribution in [0, 0.1) is 13.8 Å². The highest BCUT2D eigenvalue weighted by Gasteiger charge is 2.25. The topological polar surface area (TPSA) is 26.7 Å². The molecule has 3 heteroatoms. The first-order valence-corrected chi connectivity index (χ1v) is 7.11. The summed E-state index contributed by atoms with van der Waals surface area (Å²) in [5.41, 5.74) is 3.57. The van der Waals surface area contributed by atoms with E-state index < -0.39 is 0 Å². The minimum atomic E-state index is -0.375. The Balaban J connectivity index is 1.94. The summed E-state index contributed by atoms with van der Waals surface area (Å²) < 4.78 is 0. The zero-order valence-electron chi connectivity index (χ0n) is 12.6. The van der Waals surface area contributed by atoms with Crippen molar-refractivity contribution >= 4 is 0 Å². The molecule has 0 radical (unpaired) electrons. The molecule has 1 heterocycles. The molecule has 0 spiro atoms. The Morgan fingerprint density at radius 1 is 1.32 bits per heavy atom. The molecule has 2 unspecified atom stereocenters. The van der Waals surface area contributed by atoms with E-state index in [1.807, 2.05) is 6.07 Å². The van der Waals surface area contributed by atoms with Gasteiger partial charge in [0, 0.05) is 19.1 Å². The molecule has 0 saturated carbocycles. The molecular weight excluding hydrogens is 236 g/mol. The number of rotatable bonds is 4. The minimum Gasteiger partial charge on any atom is -0.387 e. The Kier molecular flexibility index (Phi) is 4.61. The number of hydrogen-bond donors (Lipinski definition) is 1. The lowest BCUT2D eigenvalue weighted by Gasteiger charge is -2.23. The van der Waals surface area contributed by atoms with E-state index in [1.165, 1.54) is 17.5 Å². The highest BCUT2D eigenvalue weighted by molar-refractivity contribution is 5.31. The summed E-state index contributed by atoms with van der Waals surface area (Å²) in [6, 6.07) is 6.89. The third-order valence-electron chi connectivity index (χ3n) is 4.32. The van der Waals surface area contributed by atoms with E-state index in [0.717, 1.165) is 25.2 Å². The molecule has 1 saturated heterocycles. The molecule has 1 aromatic carbocycles. The lowest BCUT2D eigenvalue weighted by atomic mass is 10.0. The normalized spacial score (nSPS) is 22.1. The number of aryl methyl sites for hydroxylation is 2. The average molecular weight is 262 g/mol. The fourth-order valence-electron chi connectivity index (χ4n) is 2.72. The quantitative estimate of drug-likeness (QED) is 0.899. The Morgan fingerprint density at radius 3 is 2.63 bits per heavy atom. The number of benzene rings is 1. The molecule has 0 aliphatic carbocycles. The number of β-amino-alcohol motifs (C(OH)–C–C–N with tert-alkyl or cyclic N) is 1. The molecule has 1 aromatic rings. The SMILES string of the molecule is Cc1ccc(C(O)CN2CCC(N(C)C)C2)cc1C. The second-order valence-corrected chi connectivity index (χ2v) is 6.03. The zero-order valence-corrected chi connectivity index (χ0v) is 12.6. The van der Waals surface area contributed by atoms with Gasteiger partial charge < -0.3 is 10.0 Å². The molecule has 1 N–H and O–H groups in total. The summed E-state index contributed by atoms with van der Waals surface area (Å²) >= 11 is 0. The first-order chi connectivity index (χ1) is 8.97. The molecule has 1 fully saturated rings. The summed E-state index contributed by atoms with van der Waals surface area (Å²) in [7, 11) is 4.27. The maximum Gasteiger partial charge on any atom is 0.0917 e. The van der Waals surface area contributed by atoms with Gasteiger partial charge in [0.1, 0.15) is 0 Å². The van der Waals surface area contributed by atoms with Gasteiger partial charge in [-0.3, -0.25) is 4.90 Å². The Bertz CT molecular complexity index is 431. The monoisotopic (exact) mass is 262 g/mol. The predicted octanol–water partition coefficient (Wildman–Crippen LogP) is 1.97. The van der Waals surface area contributed by atoms with Crippen LogP contribution in [-0.2, 0) is 0 Å². The fraction of sp³-hybridized carbons (Fsp3) is 0.625. The van der Waals surface area contributed by atoms with Crippen molar-refractivity contribution in [2.75, 3.05) is 33.7 Å². The molecule has 0 amide bonds. The standard InChI is InChI=1S/C16H26N2O/c1-12-5-6-14(9-13(12)2)16(19)11-18-8-7-15(10-18)17(3)4/h5-6,9,15-16,19H,7-8,10-11H2,1-4H3. The molecule has 0 bridgehead atoms. The lowest BCUT2D eigenvalue weighted by Crippen LogP contribution is -2.33. The van der Waals surface area contributed by atoms with Crippen molar-refractivity contribution in [2.24, 2.45) is 0 Å². The fourth-order valence-corrected chi connectivity index (χ4v) is 2.72. The van der Waals surface area contributed by atoms with Gasteiger partial charge >= 0.3 is 0 Å². The van der Waals surface area contributed by atoms with E-state index in [2.05, 4.69) is 49.9 Å². The van der Waals surface area contributed by atoms with Crippen molar-refractivity contribution in [3.05, 3.63) is 34.9 Å². The Hall–Kier alpha value is -0.900. The van der Waals surface area contributed by atoms with Crippen molar-refractivity contribution in [1.29, 1.82) is 0 Å². The number of aliphatic hydroxyl groups excluding tert-OH is 1. The second-order valence-electron chi connectivity index (χ2n) is 6.03. The van der Waals surface area contributed by atoms with Crippen LogP contribution in [-0.4, -0.2) is 54.7 Å². The minimum absolute atomic E-state index is 0.375. The molecule has 2 atom stereocenters. The van der Waals surface area contributed by atoms with E-state index in [4.69, 9.17) is 0 Å². The summed E-state index contributed by atoms with van der Waals surface area (Å²) in [5, 5.41) is 10.4. The van der Waals surface area contributed by atoms with Crippen molar-refractivity contribution < 1.29 is 5.11 Å². The van der Waals surface area contributed by atoms with Crippen molar-refractivity contribution in [3.63, 3.8) is 0 Å². The van der Waals surface area contributed by atoms with Crippen LogP contribution in [0.4, 0.5) is 0 Å². The number of aliphatic hydroxyl groups is 1. The molecule has 2 rings (SSSR count). The van der Waals surface area contributed by atoms with Crippen LogP contribution in [0.3, 0.4) is 0 Å². The first-order valence-electron chi connectivity index (χ1n) is 7.11. The van der Waals surface area contributed by atoms with Crippen LogP contribution in [0.5, 0.6) is 0 Å². The summed E-state index contributed by atoms with van der Waals surface area (Å²) in [5.74, 6) is 0. The summed E-state index contributed by atoms with van der Waals surface area (Å²) in [6.45, 7) is 7.10. The van der Waals surface area contributed by atoms with Crippen LogP contribution >= 0.6 is 0 Å².